The lowest BCUT2D eigenvalue weighted by molar-refractivity contribution is 0.495. The molecule has 94 valence electrons. The second-order valence-corrected chi connectivity index (χ2v) is 5.01. The fourth-order valence-electron chi connectivity index (χ4n) is 2.09. The molecule has 0 aliphatic heterocycles. The fraction of sp³-hybridized carbons (Fsp3) is 0.250. The molecule has 0 heterocycles. The first-order valence-electron chi connectivity index (χ1n) is 6.23. The van der Waals surface area contributed by atoms with Crippen molar-refractivity contribution < 1.29 is 0 Å². The van der Waals surface area contributed by atoms with Gasteiger partial charge in [-0.2, -0.15) is 0 Å². The van der Waals surface area contributed by atoms with Crippen LogP contribution in [0.1, 0.15) is 37.1 Å². The topological polar surface area (TPSA) is 12.0 Å². The first kappa shape index (κ1) is 13.1. The minimum absolute atomic E-state index is 0.277. The van der Waals surface area contributed by atoms with Crippen LogP contribution in [0.5, 0.6) is 0 Å². The maximum atomic E-state index is 6.01. The van der Waals surface area contributed by atoms with Crippen molar-refractivity contribution in [3.63, 3.8) is 0 Å². The standard InChI is InChI=1S/C16H18ClN/c1-12(14-7-4-3-5-8-14)18-13(2)15-9-6-10-16(17)11-15/h3-13,18H,1-2H3. The summed E-state index contributed by atoms with van der Waals surface area (Å²) in [5.41, 5.74) is 2.51. The molecule has 0 aliphatic carbocycles. The number of hydrogen-bond acceptors (Lipinski definition) is 1. The van der Waals surface area contributed by atoms with Gasteiger partial charge in [0.05, 0.1) is 0 Å². The number of rotatable bonds is 4. The Labute approximate surface area is 114 Å². The quantitative estimate of drug-likeness (QED) is 0.835. The van der Waals surface area contributed by atoms with Crippen molar-refractivity contribution in [2.45, 2.75) is 25.9 Å². The highest BCUT2D eigenvalue weighted by molar-refractivity contribution is 6.30. The average Bonchev–Trinajstić information content (AvgIpc) is 2.39. The van der Waals surface area contributed by atoms with E-state index in [1.165, 1.54) is 11.1 Å². The second kappa shape index (κ2) is 6.03. The molecule has 1 N–H and O–H groups in total. The molecule has 2 atom stereocenters. The Hall–Kier alpha value is -1.31. The molecule has 2 aromatic rings. The molecule has 1 nitrogen and oxygen atoms in total. The van der Waals surface area contributed by atoms with E-state index >= 15 is 0 Å². The van der Waals surface area contributed by atoms with Crippen LogP contribution in [-0.4, -0.2) is 0 Å². The molecule has 0 fully saturated rings. The van der Waals surface area contributed by atoms with Crippen LogP contribution in [0.4, 0.5) is 0 Å². The molecule has 0 spiro atoms. The predicted molar refractivity (Wildman–Crippen MR) is 77.9 cm³/mol. The minimum Gasteiger partial charge on any atom is -0.304 e. The Balaban J connectivity index is 2.05. The fourth-order valence-corrected chi connectivity index (χ4v) is 2.28. The van der Waals surface area contributed by atoms with Crippen LogP contribution in [0.2, 0.25) is 5.02 Å². The molecule has 0 radical (unpaired) electrons. The highest BCUT2D eigenvalue weighted by Gasteiger charge is 2.10. The van der Waals surface area contributed by atoms with Gasteiger partial charge in [0.15, 0.2) is 0 Å². The monoisotopic (exact) mass is 259 g/mol. The third kappa shape index (κ3) is 3.34. The Morgan fingerprint density at radius 1 is 0.833 bits per heavy atom. The lowest BCUT2D eigenvalue weighted by atomic mass is 10.0. The average molecular weight is 260 g/mol. The Morgan fingerprint density at radius 2 is 1.44 bits per heavy atom. The van der Waals surface area contributed by atoms with Crippen LogP contribution in [0, 0.1) is 0 Å². The van der Waals surface area contributed by atoms with E-state index in [0.29, 0.717) is 6.04 Å². The highest BCUT2D eigenvalue weighted by atomic mass is 35.5. The van der Waals surface area contributed by atoms with Crippen LogP contribution in [-0.2, 0) is 0 Å². The Bertz CT molecular complexity index is 495. The van der Waals surface area contributed by atoms with E-state index in [1.54, 1.807) is 0 Å². The first-order chi connectivity index (χ1) is 8.66. The number of benzene rings is 2. The molecule has 2 unspecified atom stereocenters. The molecule has 18 heavy (non-hydrogen) atoms. The van der Waals surface area contributed by atoms with Crippen LogP contribution in [0.15, 0.2) is 54.6 Å². The van der Waals surface area contributed by atoms with E-state index in [9.17, 15) is 0 Å². The number of nitrogens with one attached hydrogen (secondary N) is 1. The van der Waals surface area contributed by atoms with Gasteiger partial charge in [-0.3, -0.25) is 0 Å². The smallest absolute Gasteiger partial charge is 0.0409 e. The third-order valence-electron chi connectivity index (χ3n) is 3.15. The van der Waals surface area contributed by atoms with Gasteiger partial charge >= 0.3 is 0 Å². The van der Waals surface area contributed by atoms with Crippen molar-refractivity contribution in [1.29, 1.82) is 0 Å². The minimum atomic E-state index is 0.277. The Morgan fingerprint density at radius 3 is 2.11 bits per heavy atom. The molecule has 2 aromatic carbocycles. The molecule has 2 heteroatoms. The highest BCUT2D eigenvalue weighted by Crippen LogP contribution is 2.21. The summed E-state index contributed by atoms with van der Waals surface area (Å²) < 4.78 is 0. The van der Waals surface area contributed by atoms with Gasteiger partial charge in [0.1, 0.15) is 0 Å². The molecule has 2 rings (SSSR count). The van der Waals surface area contributed by atoms with Gasteiger partial charge in [0, 0.05) is 17.1 Å². The lowest BCUT2D eigenvalue weighted by Crippen LogP contribution is -2.22. The zero-order chi connectivity index (χ0) is 13.0. The van der Waals surface area contributed by atoms with Crippen LogP contribution < -0.4 is 5.32 Å². The normalized spacial score (nSPS) is 14.2. The molecule has 0 aromatic heterocycles. The summed E-state index contributed by atoms with van der Waals surface area (Å²) in [6.45, 7) is 4.33. The summed E-state index contributed by atoms with van der Waals surface area (Å²) in [7, 11) is 0. The van der Waals surface area contributed by atoms with E-state index in [1.807, 2.05) is 24.3 Å². The van der Waals surface area contributed by atoms with E-state index < -0.39 is 0 Å². The van der Waals surface area contributed by atoms with Crippen molar-refractivity contribution in [3.05, 3.63) is 70.7 Å². The van der Waals surface area contributed by atoms with Gasteiger partial charge in [-0.15, -0.1) is 0 Å². The van der Waals surface area contributed by atoms with Crippen LogP contribution in [0.3, 0.4) is 0 Å². The van der Waals surface area contributed by atoms with Gasteiger partial charge in [-0.05, 0) is 37.1 Å². The van der Waals surface area contributed by atoms with E-state index in [4.69, 9.17) is 11.6 Å². The first-order valence-corrected chi connectivity index (χ1v) is 6.61. The van der Waals surface area contributed by atoms with Crippen molar-refractivity contribution in [2.24, 2.45) is 0 Å². The summed E-state index contributed by atoms with van der Waals surface area (Å²) in [5.74, 6) is 0. The van der Waals surface area contributed by atoms with Crippen LogP contribution in [0.25, 0.3) is 0 Å². The van der Waals surface area contributed by atoms with Gasteiger partial charge in [-0.1, -0.05) is 54.1 Å². The second-order valence-electron chi connectivity index (χ2n) is 4.58. The van der Waals surface area contributed by atoms with Crippen molar-refractivity contribution >= 4 is 11.6 Å². The summed E-state index contributed by atoms with van der Waals surface area (Å²) in [6, 6.07) is 19.1. The van der Waals surface area contributed by atoms with Crippen molar-refractivity contribution in [1.82, 2.24) is 5.32 Å². The molecule has 0 amide bonds. The Kier molecular flexibility index (Phi) is 4.40. The van der Waals surface area contributed by atoms with E-state index in [0.717, 1.165) is 5.02 Å². The van der Waals surface area contributed by atoms with Gasteiger partial charge in [-0.25, -0.2) is 0 Å². The summed E-state index contributed by atoms with van der Waals surface area (Å²) >= 11 is 6.01. The van der Waals surface area contributed by atoms with E-state index in [2.05, 4.69) is 49.5 Å². The van der Waals surface area contributed by atoms with Crippen LogP contribution >= 0.6 is 11.6 Å². The summed E-state index contributed by atoms with van der Waals surface area (Å²) in [6.07, 6.45) is 0. The van der Waals surface area contributed by atoms with Gasteiger partial charge in [0.2, 0.25) is 0 Å². The zero-order valence-corrected chi connectivity index (χ0v) is 11.5. The number of halogens is 1. The van der Waals surface area contributed by atoms with Gasteiger partial charge in [0.25, 0.3) is 0 Å². The summed E-state index contributed by atoms with van der Waals surface area (Å²) in [5, 5.41) is 4.37. The molecular formula is C16H18ClN. The molecule has 0 saturated carbocycles. The van der Waals surface area contributed by atoms with Crippen molar-refractivity contribution in [3.8, 4) is 0 Å². The molecular weight excluding hydrogens is 242 g/mol. The lowest BCUT2D eigenvalue weighted by Gasteiger charge is -2.21. The third-order valence-corrected chi connectivity index (χ3v) is 3.38. The largest absolute Gasteiger partial charge is 0.304 e. The predicted octanol–water partition coefficient (Wildman–Crippen LogP) is 4.75. The molecule has 0 saturated heterocycles. The van der Waals surface area contributed by atoms with Crippen molar-refractivity contribution in [2.75, 3.05) is 0 Å². The van der Waals surface area contributed by atoms with Gasteiger partial charge < -0.3 is 5.32 Å². The summed E-state index contributed by atoms with van der Waals surface area (Å²) in [4.78, 5) is 0. The molecule has 0 aliphatic rings. The maximum absolute atomic E-state index is 6.01. The van der Waals surface area contributed by atoms with E-state index in [-0.39, 0.29) is 6.04 Å². The zero-order valence-electron chi connectivity index (χ0n) is 10.7. The molecule has 0 bridgehead atoms. The SMILES string of the molecule is CC(NC(C)c1cccc(Cl)c1)c1ccccc1. The number of hydrogen-bond donors (Lipinski definition) is 1. The maximum Gasteiger partial charge on any atom is 0.0409 e.